The third-order valence-electron chi connectivity index (χ3n) is 6.24. The number of ether oxygens (including phenoxy) is 2. The Bertz CT molecular complexity index is 1400. The highest BCUT2D eigenvalue weighted by atomic mass is 35.5. The second-order valence-corrected chi connectivity index (χ2v) is 8.91. The predicted octanol–water partition coefficient (Wildman–Crippen LogP) is 4.99. The fourth-order valence-electron chi connectivity index (χ4n) is 4.57. The number of hydrogen-bond donors (Lipinski definition) is 1. The molecule has 0 spiro atoms. The van der Waals surface area contributed by atoms with Crippen LogP contribution in [-0.4, -0.2) is 50.7 Å². The van der Waals surface area contributed by atoms with Crippen LogP contribution >= 0.6 is 11.6 Å². The van der Waals surface area contributed by atoms with Crippen molar-refractivity contribution in [3.05, 3.63) is 76.7 Å². The number of H-pyrrole nitrogens is 1. The molecule has 0 fully saturated rings. The third kappa shape index (κ3) is 5.02. The van der Waals surface area contributed by atoms with Crippen LogP contribution in [0.15, 0.2) is 54.9 Å². The topological polar surface area (TPSA) is 85.3 Å². The summed E-state index contributed by atoms with van der Waals surface area (Å²) in [6, 6.07) is 13.4. The minimum atomic E-state index is -0.390. The van der Waals surface area contributed by atoms with Gasteiger partial charge in [0.1, 0.15) is 11.8 Å². The molecular weight excluding hydrogens is 478 g/mol. The summed E-state index contributed by atoms with van der Waals surface area (Å²) in [6.45, 7) is 3.61. The maximum absolute atomic E-state index is 13.0. The Kier molecular flexibility index (Phi) is 7.10. The lowest BCUT2D eigenvalue weighted by atomic mass is 9.92. The summed E-state index contributed by atoms with van der Waals surface area (Å²) in [7, 11) is 0. The molecule has 0 saturated heterocycles. The summed E-state index contributed by atoms with van der Waals surface area (Å²) in [4.78, 5) is 18.3. The molecule has 0 radical (unpaired) electrons. The first-order valence-electron chi connectivity index (χ1n) is 11.8. The molecule has 4 aromatic rings. The van der Waals surface area contributed by atoms with Gasteiger partial charge >= 0.3 is 6.09 Å². The van der Waals surface area contributed by atoms with Gasteiger partial charge in [-0.2, -0.15) is 0 Å². The highest BCUT2D eigenvalue weighted by Crippen LogP contribution is 2.39. The first-order chi connectivity index (χ1) is 17.6. The first-order valence-corrected chi connectivity index (χ1v) is 12.2. The minimum Gasteiger partial charge on any atom is -0.494 e. The van der Waals surface area contributed by atoms with Crippen molar-refractivity contribution in [3.63, 3.8) is 0 Å². The fourth-order valence-corrected chi connectivity index (χ4v) is 4.74. The molecule has 1 amide bonds. The Balaban J connectivity index is 1.38. The van der Waals surface area contributed by atoms with Gasteiger partial charge in [-0.15, -0.1) is 11.0 Å². The van der Waals surface area contributed by atoms with Gasteiger partial charge in [0.25, 0.3) is 0 Å². The van der Waals surface area contributed by atoms with Gasteiger partial charge in [0.2, 0.25) is 0 Å². The van der Waals surface area contributed by atoms with E-state index in [9.17, 15) is 4.79 Å². The van der Waals surface area contributed by atoms with E-state index in [-0.39, 0.29) is 12.6 Å². The van der Waals surface area contributed by atoms with Crippen molar-refractivity contribution in [2.75, 3.05) is 19.8 Å². The van der Waals surface area contributed by atoms with Crippen molar-refractivity contribution in [2.24, 2.45) is 0 Å². The summed E-state index contributed by atoms with van der Waals surface area (Å²) < 4.78 is 13.1. The van der Waals surface area contributed by atoms with Gasteiger partial charge in [-0.1, -0.05) is 34.9 Å². The van der Waals surface area contributed by atoms with E-state index in [0.717, 1.165) is 40.9 Å². The van der Waals surface area contributed by atoms with Crippen LogP contribution in [-0.2, 0) is 17.7 Å². The van der Waals surface area contributed by atoms with Gasteiger partial charge in [0, 0.05) is 47.3 Å². The third-order valence-corrected chi connectivity index (χ3v) is 6.47. The standard InChI is InChI=1S/C27H26ClN5O3/c1-2-3-16-36-27(34)33-14-11-22-23-18-20(28)7-10-24(23)30-25(22)26(33)19-5-8-21(9-6-19)35-17-4-13-32-15-12-29-31-32/h5-10,12,15,18,26,30H,4,11,13-14,16-17H2,1H3. The van der Waals surface area contributed by atoms with Gasteiger partial charge in [0.05, 0.1) is 12.8 Å². The summed E-state index contributed by atoms with van der Waals surface area (Å²) in [5, 5.41) is 9.53. The number of hydrogen-bond acceptors (Lipinski definition) is 5. The molecule has 1 N–H and O–H groups in total. The van der Waals surface area contributed by atoms with Gasteiger partial charge in [-0.3, -0.25) is 9.58 Å². The Hall–Kier alpha value is -3.96. The second-order valence-electron chi connectivity index (χ2n) is 8.47. The van der Waals surface area contributed by atoms with Crippen molar-refractivity contribution in [1.29, 1.82) is 0 Å². The second kappa shape index (κ2) is 10.8. The van der Waals surface area contributed by atoms with Crippen LogP contribution in [0.25, 0.3) is 10.9 Å². The largest absolute Gasteiger partial charge is 0.494 e. The molecule has 0 bridgehead atoms. The Morgan fingerprint density at radius 1 is 1.25 bits per heavy atom. The zero-order valence-electron chi connectivity index (χ0n) is 19.9. The number of aromatic nitrogens is 4. The Labute approximate surface area is 214 Å². The predicted molar refractivity (Wildman–Crippen MR) is 137 cm³/mol. The number of rotatable bonds is 7. The van der Waals surface area contributed by atoms with Crippen LogP contribution in [0.1, 0.15) is 36.2 Å². The smallest absolute Gasteiger partial charge is 0.411 e. The molecular formula is C27H26ClN5O3. The van der Waals surface area contributed by atoms with Crippen molar-refractivity contribution < 1.29 is 14.3 Å². The zero-order valence-corrected chi connectivity index (χ0v) is 20.7. The number of nitrogens with zero attached hydrogens (tertiary/aromatic N) is 4. The van der Waals surface area contributed by atoms with Crippen molar-refractivity contribution in [2.45, 2.75) is 32.4 Å². The lowest BCUT2D eigenvalue weighted by Gasteiger charge is -2.35. The molecule has 184 valence electrons. The number of carbonyl (C=O) groups is 1. The van der Waals surface area contributed by atoms with Gasteiger partial charge in [0.15, 0.2) is 6.61 Å². The molecule has 1 aliphatic rings. The highest BCUT2D eigenvalue weighted by Gasteiger charge is 2.35. The summed E-state index contributed by atoms with van der Waals surface area (Å²) >= 11 is 6.29. The fraction of sp³-hybridized carbons (Fsp3) is 0.296. The molecule has 5 rings (SSSR count). The zero-order chi connectivity index (χ0) is 24.9. The lowest BCUT2D eigenvalue weighted by Crippen LogP contribution is -2.41. The number of amides is 1. The average molecular weight is 504 g/mol. The number of halogens is 1. The van der Waals surface area contributed by atoms with Crippen LogP contribution in [0.5, 0.6) is 5.75 Å². The molecule has 1 aliphatic heterocycles. The van der Waals surface area contributed by atoms with E-state index in [1.165, 1.54) is 5.56 Å². The number of aryl methyl sites for hydroxylation is 1. The molecule has 1 atom stereocenters. The molecule has 2 aromatic carbocycles. The van der Waals surface area contributed by atoms with E-state index < -0.39 is 6.09 Å². The van der Waals surface area contributed by atoms with Crippen LogP contribution < -0.4 is 4.74 Å². The number of fused-ring (bicyclic) bond motifs is 3. The Morgan fingerprint density at radius 2 is 2.11 bits per heavy atom. The van der Waals surface area contributed by atoms with Crippen LogP contribution in [0.3, 0.4) is 0 Å². The number of aromatic amines is 1. The van der Waals surface area contributed by atoms with Crippen molar-refractivity contribution >= 4 is 28.6 Å². The molecule has 8 nitrogen and oxygen atoms in total. The SMILES string of the molecule is CC#CCOC(=O)N1CCc2c([nH]c3ccc(Cl)cc23)C1c1ccc(OCCCn2ccnn2)cc1. The molecule has 0 aliphatic carbocycles. The molecule has 1 unspecified atom stereocenters. The van der Waals surface area contributed by atoms with Crippen molar-refractivity contribution in [1.82, 2.24) is 24.9 Å². The molecule has 36 heavy (non-hydrogen) atoms. The lowest BCUT2D eigenvalue weighted by molar-refractivity contribution is 0.0993. The summed E-state index contributed by atoms with van der Waals surface area (Å²) in [5.74, 6) is 6.32. The Morgan fingerprint density at radius 3 is 2.89 bits per heavy atom. The highest BCUT2D eigenvalue weighted by molar-refractivity contribution is 6.31. The van der Waals surface area contributed by atoms with E-state index in [4.69, 9.17) is 21.1 Å². The van der Waals surface area contributed by atoms with Crippen LogP contribution in [0.4, 0.5) is 4.79 Å². The van der Waals surface area contributed by atoms with Gasteiger partial charge < -0.3 is 14.5 Å². The first kappa shape index (κ1) is 23.8. The molecule has 2 aromatic heterocycles. The molecule has 9 heteroatoms. The summed E-state index contributed by atoms with van der Waals surface area (Å²) in [6.07, 6.45) is 4.62. The number of benzene rings is 2. The normalized spacial score (nSPS) is 14.7. The van der Waals surface area contributed by atoms with Crippen molar-refractivity contribution in [3.8, 4) is 17.6 Å². The molecule has 3 heterocycles. The van der Waals surface area contributed by atoms with Crippen LogP contribution in [0.2, 0.25) is 5.02 Å². The number of nitrogens with one attached hydrogen (secondary N) is 1. The van der Waals surface area contributed by atoms with E-state index >= 15 is 0 Å². The van der Waals surface area contributed by atoms with E-state index in [1.54, 1.807) is 22.7 Å². The minimum absolute atomic E-state index is 0.0646. The number of carbonyl (C=O) groups excluding carboxylic acids is 1. The quantitative estimate of drug-likeness (QED) is 0.284. The van der Waals surface area contributed by atoms with E-state index in [0.29, 0.717) is 24.6 Å². The van der Waals surface area contributed by atoms with Crippen LogP contribution in [0, 0.1) is 11.8 Å². The van der Waals surface area contributed by atoms with Gasteiger partial charge in [-0.25, -0.2) is 4.79 Å². The maximum atomic E-state index is 13.0. The summed E-state index contributed by atoms with van der Waals surface area (Å²) in [5.41, 5.74) is 4.10. The maximum Gasteiger partial charge on any atom is 0.411 e. The van der Waals surface area contributed by atoms with Gasteiger partial charge in [-0.05, 0) is 54.8 Å². The van der Waals surface area contributed by atoms with E-state index in [1.807, 2.05) is 48.7 Å². The molecule has 0 saturated carbocycles. The average Bonchev–Trinajstić information content (AvgIpc) is 3.54. The van der Waals surface area contributed by atoms with E-state index in [2.05, 4.69) is 27.1 Å². The monoisotopic (exact) mass is 503 g/mol.